The van der Waals surface area contributed by atoms with Crippen molar-refractivity contribution in [2.75, 3.05) is 5.73 Å². The lowest BCUT2D eigenvalue weighted by Gasteiger charge is -2.10. The van der Waals surface area contributed by atoms with Crippen molar-refractivity contribution in [3.05, 3.63) is 57.6 Å². The van der Waals surface area contributed by atoms with E-state index >= 15 is 0 Å². The van der Waals surface area contributed by atoms with Gasteiger partial charge in [0.1, 0.15) is 12.4 Å². The Balaban J connectivity index is 2.11. The second-order valence-corrected chi connectivity index (χ2v) is 4.88. The van der Waals surface area contributed by atoms with Gasteiger partial charge < -0.3 is 10.5 Å². The maximum atomic E-state index is 5.94. The molecule has 2 aromatic carbocycles. The first kappa shape index (κ1) is 13.1. The van der Waals surface area contributed by atoms with Crippen LogP contribution in [-0.2, 0) is 6.61 Å². The molecule has 0 amide bonds. The Labute approximate surface area is 116 Å². The topological polar surface area (TPSA) is 35.2 Å². The van der Waals surface area contributed by atoms with Crippen LogP contribution in [-0.4, -0.2) is 0 Å². The Morgan fingerprint density at radius 3 is 2.56 bits per heavy atom. The third kappa shape index (κ3) is 3.09. The molecule has 2 aromatic rings. The molecule has 0 aliphatic carbocycles. The summed E-state index contributed by atoms with van der Waals surface area (Å²) in [7, 11) is 0. The zero-order valence-corrected chi connectivity index (χ0v) is 11.4. The van der Waals surface area contributed by atoms with Crippen molar-refractivity contribution in [3.8, 4) is 5.75 Å². The van der Waals surface area contributed by atoms with Gasteiger partial charge >= 0.3 is 0 Å². The first-order chi connectivity index (χ1) is 8.56. The molecule has 0 aromatic heterocycles. The molecule has 0 radical (unpaired) electrons. The lowest BCUT2D eigenvalue weighted by molar-refractivity contribution is 0.304. The van der Waals surface area contributed by atoms with Gasteiger partial charge in [-0.1, -0.05) is 35.3 Å². The summed E-state index contributed by atoms with van der Waals surface area (Å²) in [5.41, 5.74) is 8.42. The number of ether oxygens (including phenoxy) is 1. The minimum absolute atomic E-state index is 0.432. The van der Waals surface area contributed by atoms with E-state index in [1.54, 1.807) is 12.1 Å². The van der Waals surface area contributed by atoms with E-state index in [4.69, 9.17) is 33.7 Å². The van der Waals surface area contributed by atoms with Crippen LogP contribution in [0.2, 0.25) is 10.0 Å². The van der Waals surface area contributed by atoms with Gasteiger partial charge in [-0.2, -0.15) is 0 Å². The van der Waals surface area contributed by atoms with Crippen LogP contribution in [0, 0.1) is 6.92 Å². The van der Waals surface area contributed by atoms with Gasteiger partial charge in [0.05, 0.1) is 10.0 Å². The van der Waals surface area contributed by atoms with E-state index in [0.717, 1.165) is 16.9 Å². The van der Waals surface area contributed by atoms with Gasteiger partial charge in [0.15, 0.2) is 0 Å². The normalized spacial score (nSPS) is 10.4. The predicted octanol–water partition coefficient (Wildman–Crippen LogP) is 4.46. The maximum Gasteiger partial charge on any atom is 0.124 e. The van der Waals surface area contributed by atoms with E-state index in [1.807, 2.05) is 31.2 Å². The third-order valence-electron chi connectivity index (χ3n) is 2.59. The SMILES string of the molecule is Cc1ccc(N)cc1OCc1ccc(Cl)c(Cl)c1. The fraction of sp³-hybridized carbons (Fsp3) is 0.143. The number of rotatable bonds is 3. The molecule has 0 fully saturated rings. The number of anilines is 1. The van der Waals surface area contributed by atoms with Gasteiger partial charge in [0.25, 0.3) is 0 Å². The molecule has 0 aliphatic rings. The monoisotopic (exact) mass is 281 g/mol. The number of hydrogen-bond donors (Lipinski definition) is 1. The molecule has 2 N–H and O–H groups in total. The van der Waals surface area contributed by atoms with Crippen LogP contribution in [0.15, 0.2) is 36.4 Å². The van der Waals surface area contributed by atoms with E-state index in [0.29, 0.717) is 22.3 Å². The molecule has 0 saturated heterocycles. The van der Waals surface area contributed by atoms with Crippen molar-refractivity contribution < 1.29 is 4.74 Å². The van der Waals surface area contributed by atoms with Crippen molar-refractivity contribution >= 4 is 28.9 Å². The number of benzene rings is 2. The standard InChI is InChI=1S/C14H13Cl2NO/c1-9-2-4-11(17)7-14(9)18-8-10-3-5-12(15)13(16)6-10/h2-7H,8,17H2,1H3. The van der Waals surface area contributed by atoms with Gasteiger partial charge in [-0.15, -0.1) is 0 Å². The molecule has 4 heteroatoms. The molecule has 0 aliphatic heterocycles. The number of nitrogen functional groups attached to an aromatic ring is 1. The summed E-state index contributed by atoms with van der Waals surface area (Å²) >= 11 is 11.8. The number of halogens is 2. The summed E-state index contributed by atoms with van der Waals surface area (Å²) < 4.78 is 5.72. The molecule has 94 valence electrons. The van der Waals surface area contributed by atoms with Crippen molar-refractivity contribution in [3.63, 3.8) is 0 Å². The predicted molar refractivity (Wildman–Crippen MR) is 76.4 cm³/mol. The summed E-state index contributed by atoms with van der Waals surface area (Å²) in [5, 5.41) is 1.07. The fourth-order valence-electron chi connectivity index (χ4n) is 1.56. The van der Waals surface area contributed by atoms with Crippen molar-refractivity contribution in [1.82, 2.24) is 0 Å². The van der Waals surface area contributed by atoms with Crippen LogP contribution in [0.1, 0.15) is 11.1 Å². The average molecular weight is 282 g/mol. The highest BCUT2D eigenvalue weighted by atomic mass is 35.5. The van der Waals surface area contributed by atoms with Crippen molar-refractivity contribution in [2.24, 2.45) is 0 Å². The van der Waals surface area contributed by atoms with E-state index in [9.17, 15) is 0 Å². The van der Waals surface area contributed by atoms with Crippen LogP contribution in [0.3, 0.4) is 0 Å². The largest absolute Gasteiger partial charge is 0.489 e. The zero-order chi connectivity index (χ0) is 13.1. The molecule has 2 nitrogen and oxygen atoms in total. The zero-order valence-electron chi connectivity index (χ0n) is 9.91. The Kier molecular flexibility index (Phi) is 4.00. The maximum absolute atomic E-state index is 5.94. The second kappa shape index (κ2) is 5.51. The highest BCUT2D eigenvalue weighted by Crippen LogP contribution is 2.25. The number of hydrogen-bond acceptors (Lipinski definition) is 2. The van der Waals surface area contributed by atoms with E-state index in [-0.39, 0.29) is 0 Å². The summed E-state index contributed by atoms with van der Waals surface area (Å²) in [6.45, 7) is 2.41. The summed E-state index contributed by atoms with van der Waals surface area (Å²) in [4.78, 5) is 0. The van der Waals surface area contributed by atoms with Crippen molar-refractivity contribution in [1.29, 1.82) is 0 Å². The summed E-state index contributed by atoms with van der Waals surface area (Å²) in [6, 6.07) is 11.0. The second-order valence-electron chi connectivity index (χ2n) is 4.06. The van der Waals surface area contributed by atoms with Crippen LogP contribution in [0.4, 0.5) is 5.69 Å². The van der Waals surface area contributed by atoms with Crippen LogP contribution in [0.5, 0.6) is 5.75 Å². The lowest BCUT2D eigenvalue weighted by Crippen LogP contribution is -1.98. The molecule has 0 unspecified atom stereocenters. The minimum atomic E-state index is 0.432. The first-order valence-electron chi connectivity index (χ1n) is 5.49. The molecular weight excluding hydrogens is 269 g/mol. The lowest BCUT2D eigenvalue weighted by atomic mass is 10.2. The van der Waals surface area contributed by atoms with Crippen molar-refractivity contribution in [2.45, 2.75) is 13.5 Å². The fourth-order valence-corrected chi connectivity index (χ4v) is 1.88. The van der Waals surface area contributed by atoms with Crippen LogP contribution < -0.4 is 10.5 Å². The molecule has 0 saturated carbocycles. The Hall–Kier alpha value is -1.38. The minimum Gasteiger partial charge on any atom is -0.489 e. The Morgan fingerprint density at radius 2 is 1.83 bits per heavy atom. The highest BCUT2D eigenvalue weighted by Gasteiger charge is 2.03. The van der Waals surface area contributed by atoms with Gasteiger partial charge in [0, 0.05) is 11.8 Å². The van der Waals surface area contributed by atoms with E-state index in [1.165, 1.54) is 0 Å². The molecule has 18 heavy (non-hydrogen) atoms. The van der Waals surface area contributed by atoms with E-state index in [2.05, 4.69) is 0 Å². The highest BCUT2D eigenvalue weighted by molar-refractivity contribution is 6.42. The van der Waals surface area contributed by atoms with Gasteiger partial charge in [-0.05, 0) is 36.2 Å². The smallest absolute Gasteiger partial charge is 0.124 e. The Bertz CT molecular complexity index is 570. The quantitative estimate of drug-likeness (QED) is 0.843. The molecule has 0 bridgehead atoms. The molecular formula is C14H13Cl2NO. The van der Waals surface area contributed by atoms with Gasteiger partial charge in [-0.25, -0.2) is 0 Å². The first-order valence-corrected chi connectivity index (χ1v) is 6.24. The average Bonchev–Trinajstić information content (AvgIpc) is 2.34. The van der Waals surface area contributed by atoms with Crippen LogP contribution >= 0.6 is 23.2 Å². The summed E-state index contributed by atoms with van der Waals surface area (Å²) in [6.07, 6.45) is 0. The third-order valence-corrected chi connectivity index (χ3v) is 3.33. The molecule has 0 spiro atoms. The van der Waals surface area contributed by atoms with Crippen LogP contribution in [0.25, 0.3) is 0 Å². The van der Waals surface area contributed by atoms with E-state index < -0.39 is 0 Å². The van der Waals surface area contributed by atoms with Gasteiger partial charge in [-0.3, -0.25) is 0 Å². The number of aryl methyl sites for hydroxylation is 1. The van der Waals surface area contributed by atoms with Gasteiger partial charge in [0.2, 0.25) is 0 Å². The molecule has 0 atom stereocenters. The number of nitrogens with two attached hydrogens (primary N) is 1. The Morgan fingerprint density at radius 1 is 1.06 bits per heavy atom. The molecule has 0 heterocycles. The summed E-state index contributed by atoms with van der Waals surface area (Å²) in [5.74, 6) is 0.779. The molecule has 2 rings (SSSR count).